The Kier molecular flexibility index (Phi) is 5.92. The predicted molar refractivity (Wildman–Crippen MR) is 71.3 cm³/mol. The number of hydrogen-bond donors (Lipinski definition) is 4. The summed E-state index contributed by atoms with van der Waals surface area (Å²) in [4.78, 5) is 33.1. The van der Waals surface area contributed by atoms with Crippen molar-refractivity contribution in [3.8, 4) is 0 Å². The Morgan fingerprint density at radius 2 is 1.75 bits per heavy atom. The highest BCUT2D eigenvalue weighted by Gasteiger charge is 2.05. The number of benzene rings is 1. The van der Waals surface area contributed by atoms with Gasteiger partial charge in [0.05, 0.1) is 6.61 Å². The molecule has 4 N–H and O–H groups in total. The highest BCUT2D eigenvalue weighted by Crippen LogP contribution is 2.09. The molecular weight excluding hydrogens is 264 g/mol. The second kappa shape index (κ2) is 7.70. The fourth-order valence-electron chi connectivity index (χ4n) is 1.31. The van der Waals surface area contributed by atoms with Crippen molar-refractivity contribution in [1.82, 2.24) is 5.32 Å². The number of hydrogen-bond acceptors (Lipinski definition) is 4. The fourth-order valence-corrected chi connectivity index (χ4v) is 1.31. The van der Waals surface area contributed by atoms with Crippen LogP contribution in [0.15, 0.2) is 36.4 Å². The van der Waals surface area contributed by atoms with Crippen molar-refractivity contribution >= 4 is 23.5 Å². The van der Waals surface area contributed by atoms with Crippen molar-refractivity contribution in [2.45, 2.75) is 0 Å². The Bertz CT molecular complexity index is 522. The number of carboxylic acid groups (broad SMARTS) is 1. The van der Waals surface area contributed by atoms with E-state index in [1.165, 1.54) is 24.3 Å². The maximum atomic E-state index is 11.5. The minimum Gasteiger partial charge on any atom is -0.478 e. The second-order valence-corrected chi connectivity index (χ2v) is 3.72. The number of carbonyl (C=O) groups excluding carboxylic acids is 2. The highest BCUT2D eigenvalue weighted by molar-refractivity contribution is 6.02. The van der Waals surface area contributed by atoms with Crippen molar-refractivity contribution in [3.63, 3.8) is 0 Å². The number of nitrogens with one attached hydrogen (secondary N) is 2. The number of carbonyl (C=O) groups is 3. The van der Waals surface area contributed by atoms with E-state index < -0.39 is 11.9 Å². The van der Waals surface area contributed by atoms with Gasteiger partial charge in [0.25, 0.3) is 5.91 Å². The van der Waals surface area contributed by atoms with Crippen LogP contribution >= 0.6 is 0 Å². The molecule has 0 atom stereocenters. The van der Waals surface area contributed by atoms with Gasteiger partial charge >= 0.3 is 5.97 Å². The first-order chi connectivity index (χ1) is 9.52. The molecule has 0 saturated carbocycles. The van der Waals surface area contributed by atoms with Crippen molar-refractivity contribution in [3.05, 3.63) is 42.0 Å². The molecule has 0 radical (unpaired) electrons. The number of carboxylic acids is 1. The number of aliphatic hydroxyl groups is 1. The van der Waals surface area contributed by atoms with E-state index in [9.17, 15) is 14.4 Å². The summed E-state index contributed by atoms with van der Waals surface area (Å²) in [6.07, 6.45) is 1.62. The molecule has 7 heteroatoms. The molecule has 0 aliphatic carbocycles. The third-order valence-electron chi connectivity index (χ3n) is 2.19. The van der Waals surface area contributed by atoms with E-state index in [-0.39, 0.29) is 19.1 Å². The lowest BCUT2D eigenvalue weighted by molar-refractivity contribution is -0.131. The number of rotatable bonds is 6. The summed E-state index contributed by atoms with van der Waals surface area (Å²) >= 11 is 0. The summed E-state index contributed by atoms with van der Waals surface area (Å²) in [5.74, 6) is -2.12. The molecule has 0 aromatic heterocycles. The third kappa shape index (κ3) is 5.32. The van der Waals surface area contributed by atoms with Crippen LogP contribution in [0, 0.1) is 0 Å². The van der Waals surface area contributed by atoms with Gasteiger partial charge in [-0.2, -0.15) is 0 Å². The van der Waals surface area contributed by atoms with E-state index in [1.807, 2.05) is 0 Å². The Morgan fingerprint density at radius 3 is 2.30 bits per heavy atom. The third-order valence-corrected chi connectivity index (χ3v) is 2.19. The van der Waals surface area contributed by atoms with Gasteiger partial charge < -0.3 is 20.8 Å². The average molecular weight is 278 g/mol. The smallest absolute Gasteiger partial charge is 0.328 e. The number of anilines is 1. The summed E-state index contributed by atoms with van der Waals surface area (Å²) in [6.45, 7) is 0.0209. The normalized spacial score (nSPS) is 10.2. The topological polar surface area (TPSA) is 116 Å². The summed E-state index contributed by atoms with van der Waals surface area (Å²) in [7, 11) is 0. The van der Waals surface area contributed by atoms with Crippen LogP contribution in [0.5, 0.6) is 0 Å². The van der Waals surface area contributed by atoms with Crippen LogP contribution in [-0.2, 0) is 9.59 Å². The lowest BCUT2D eigenvalue weighted by atomic mass is 10.2. The molecule has 0 saturated heterocycles. The van der Waals surface area contributed by atoms with E-state index in [1.54, 1.807) is 0 Å². The quantitative estimate of drug-likeness (QED) is 0.546. The van der Waals surface area contributed by atoms with Gasteiger partial charge in [-0.05, 0) is 24.3 Å². The zero-order valence-electron chi connectivity index (χ0n) is 10.5. The van der Waals surface area contributed by atoms with Gasteiger partial charge in [-0.15, -0.1) is 0 Å². The Hall–Kier alpha value is -2.67. The number of aliphatic carboxylic acids is 1. The Morgan fingerprint density at radius 1 is 1.10 bits per heavy atom. The van der Waals surface area contributed by atoms with Crippen molar-refractivity contribution in [1.29, 1.82) is 0 Å². The van der Waals surface area contributed by atoms with Crippen molar-refractivity contribution in [2.24, 2.45) is 0 Å². The summed E-state index contributed by atoms with van der Waals surface area (Å²) in [5, 5.41) is 21.9. The molecule has 106 valence electrons. The monoisotopic (exact) mass is 278 g/mol. The maximum absolute atomic E-state index is 11.5. The van der Waals surface area contributed by atoms with Crippen LogP contribution in [0.2, 0.25) is 0 Å². The average Bonchev–Trinajstić information content (AvgIpc) is 2.43. The molecule has 1 rings (SSSR count). The molecule has 20 heavy (non-hydrogen) atoms. The molecule has 0 unspecified atom stereocenters. The van der Waals surface area contributed by atoms with Crippen molar-refractivity contribution in [2.75, 3.05) is 18.5 Å². The zero-order valence-corrected chi connectivity index (χ0v) is 10.5. The maximum Gasteiger partial charge on any atom is 0.328 e. The molecule has 2 amide bonds. The number of amides is 2. The first-order valence-electron chi connectivity index (χ1n) is 5.74. The van der Waals surface area contributed by atoms with E-state index in [2.05, 4.69) is 10.6 Å². The molecule has 0 spiro atoms. The van der Waals surface area contributed by atoms with E-state index in [0.29, 0.717) is 11.3 Å². The van der Waals surface area contributed by atoms with Crippen LogP contribution in [0.1, 0.15) is 10.4 Å². The van der Waals surface area contributed by atoms with Gasteiger partial charge in [-0.25, -0.2) is 4.79 Å². The molecule has 1 aromatic carbocycles. The first kappa shape index (κ1) is 15.4. The van der Waals surface area contributed by atoms with Crippen LogP contribution < -0.4 is 10.6 Å². The highest BCUT2D eigenvalue weighted by atomic mass is 16.4. The van der Waals surface area contributed by atoms with Gasteiger partial charge in [0.15, 0.2) is 0 Å². The van der Waals surface area contributed by atoms with Gasteiger partial charge in [0.2, 0.25) is 5.91 Å². The van der Waals surface area contributed by atoms with E-state index in [4.69, 9.17) is 10.2 Å². The van der Waals surface area contributed by atoms with Crippen LogP contribution in [-0.4, -0.2) is 41.1 Å². The number of aliphatic hydroxyl groups excluding tert-OH is 1. The van der Waals surface area contributed by atoms with Crippen molar-refractivity contribution < 1.29 is 24.6 Å². The minimum absolute atomic E-state index is 0.143. The molecule has 0 heterocycles. The molecule has 1 aromatic rings. The molecule has 7 nitrogen and oxygen atoms in total. The molecule has 0 bridgehead atoms. The Labute approximate surface area is 114 Å². The van der Waals surface area contributed by atoms with Gasteiger partial charge in [-0.1, -0.05) is 0 Å². The van der Waals surface area contributed by atoms with E-state index in [0.717, 1.165) is 12.2 Å². The fraction of sp³-hybridized carbons (Fsp3) is 0.154. The second-order valence-electron chi connectivity index (χ2n) is 3.72. The van der Waals surface area contributed by atoms with Crippen LogP contribution in [0.3, 0.4) is 0 Å². The predicted octanol–water partition coefficient (Wildman–Crippen LogP) is -0.0120. The minimum atomic E-state index is -1.21. The van der Waals surface area contributed by atoms with Crippen LogP contribution in [0.25, 0.3) is 0 Å². The lowest BCUT2D eigenvalue weighted by Crippen LogP contribution is -2.26. The lowest BCUT2D eigenvalue weighted by Gasteiger charge is -2.05. The largest absolute Gasteiger partial charge is 0.478 e. The standard InChI is InChI=1S/C13H14N2O5/c16-8-7-14-13(20)9-1-3-10(4-2-9)15-11(17)5-6-12(18)19/h1-6,16H,7-8H2,(H,14,20)(H,15,17)(H,18,19)/b6-5+. The molecule has 0 aliphatic rings. The zero-order chi connectivity index (χ0) is 15.0. The van der Waals surface area contributed by atoms with Crippen LogP contribution in [0.4, 0.5) is 5.69 Å². The van der Waals surface area contributed by atoms with Gasteiger partial charge in [0, 0.05) is 29.9 Å². The van der Waals surface area contributed by atoms with E-state index >= 15 is 0 Å². The summed E-state index contributed by atoms with van der Waals surface area (Å²) in [5.41, 5.74) is 0.821. The molecular formula is C13H14N2O5. The molecule has 0 fully saturated rings. The molecule has 0 aliphatic heterocycles. The summed E-state index contributed by atoms with van der Waals surface area (Å²) < 4.78 is 0. The first-order valence-corrected chi connectivity index (χ1v) is 5.74. The van der Waals surface area contributed by atoms with Gasteiger partial charge in [0.1, 0.15) is 0 Å². The summed E-state index contributed by atoms with van der Waals surface area (Å²) in [6, 6.07) is 6.03. The Balaban J connectivity index is 2.60. The SMILES string of the molecule is O=C(O)/C=C/C(=O)Nc1ccc(C(=O)NCCO)cc1. The van der Waals surface area contributed by atoms with Gasteiger partial charge in [-0.3, -0.25) is 9.59 Å².